The van der Waals surface area contributed by atoms with E-state index in [2.05, 4.69) is 19.7 Å². The Balaban J connectivity index is 1.66. The number of aromatic nitrogens is 3. The zero-order valence-electron chi connectivity index (χ0n) is 17.5. The van der Waals surface area contributed by atoms with Crippen molar-refractivity contribution in [3.63, 3.8) is 0 Å². The molecule has 170 valence electrons. The molecule has 11 heteroatoms. The molecule has 0 spiro atoms. The Hall–Kier alpha value is -3.86. The van der Waals surface area contributed by atoms with E-state index in [9.17, 15) is 22.0 Å². The molecule has 0 aliphatic carbocycles. The predicted molar refractivity (Wildman–Crippen MR) is 120 cm³/mol. The lowest BCUT2D eigenvalue weighted by Crippen LogP contribution is -2.14. The number of nitrogens with zero attached hydrogens (tertiary/aromatic N) is 2. The number of nitrogens with one attached hydrogen (secondary N) is 2. The maximum atomic E-state index is 13.5. The van der Waals surface area contributed by atoms with Crippen molar-refractivity contribution in [3.8, 4) is 17.0 Å². The van der Waals surface area contributed by atoms with Crippen LogP contribution in [0.25, 0.3) is 22.2 Å². The van der Waals surface area contributed by atoms with Crippen molar-refractivity contribution in [2.24, 2.45) is 0 Å². The summed E-state index contributed by atoms with van der Waals surface area (Å²) in [6.45, 7) is 0. The minimum atomic E-state index is -3.58. The molecule has 0 saturated heterocycles. The fourth-order valence-corrected chi connectivity index (χ4v) is 3.90. The van der Waals surface area contributed by atoms with E-state index in [-0.39, 0.29) is 28.8 Å². The minimum absolute atomic E-state index is 0.157. The molecular weight excluding hydrogens is 454 g/mol. The quantitative estimate of drug-likeness (QED) is 0.445. The average molecular weight is 472 g/mol. The van der Waals surface area contributed by atoms with Crippen molar-refractivity contribution in [3.05, 3.63) is 82.0 Å². The van der Waals surface area contributed by atoms with Crippen LogP contribution in [0.3, 0.4) is 0 Å². The summed E-state index contributed by atoms with van der Waals surface area (Å²) in [6, 6.07) is 9.31. The Morgan fingerprint density at radius 3 is 2.42 bits per heavy atom. The number of fused-ring (bicyclic) bond motifs is 1. The summed E-state index contributed by atoms with van der Waals surface area (Å²) in [5.74, 6) is -0.888. The van der Waals surface area contributed by atoms with Crippen LogP contribution in [0.2, 0.25) is 0 Å². The monoisotopic (exact) mass is 472 g/mol. The minimum Gasteiger partial charge on any atom is -0.495 e. The van der Waals surface area contributed by atoms with Gasteiger partial charge in [0.15, 0.2) is 0 Å². The molecule has 2 aromatic heterocycles. The van der Waals surface area contributed by atoms with Gasteiger partial charge in [-0.05, 0) is 35.9 Å². The highest BCUT2D eigenvalue weighted by Crippen LogP contribution is 2.29. The molecule has 8 nitrogen and oxygen atoms in total. The van der Waals surface area contributed by atoms with Crippen LogP contribution in [0.5, 0.6) is 5.75 Å². The second kappa shape index (κ2) is 8.58. The number of ether oxygens (including phenoxy) is 1. The van der Waals surface area contributed by atoms with Gasteiger partial charge in [-0.2, -0.15) is 0 Å². The van der Waals surface area contributed by atoms with Crippen molar-refractivity contribution in [1.29, 1.82) is 0 Å². The highest BCUT2D eigenvalue weighted by molar-refractivity contribution is 7.92. The molecule has 2 aromatic carbocycles. The molecule has 0 radical (unpaired) electrons. The zero-order valence-corrected chi connectivity index (χ0v) is 18.3. The number of aromatic amines is 1. The summed E-state index contributed by atoms with van der Waals surface area (Å²) >= 11 is 0. The smallest absolute Gasteiger partial charge is 0.258 e. The summed E-state index contributed by atoms with van der Waals surface area (Å²) < 4.78 is 57.7. The number of hydrogen-bond acceptors (Lipinski definition) is 6. The Morgan fingerprint density at radius 2 is 1.82 bits per heavy atom. The van der Waals surface area contributed by atoms with Gasteiger partial charge in [0.1, 0.15) is 23.2 Å². The van der Waals surface area contributed by atoms with Gasteiger partial charge in [-0.25, -0.2) is 22.2 Å². The van der Waals surface area contributed by atoms with Gasteiger partial charge in [0.05, 0.1) is 35.6 Å². The summed E-state index contributed by atoms with van der Waals surface area (Å²) in [4.78, 5) is 23.9. The predicted octanol–water partition coefficient (Wildman–Crippen LogP) is 3.23. The summed E-state index contributed by atoms with van der Waals surface area (Å²) in [5.41, 5.74) is 1.40. The van der Waals surface area contributed by atoms with E-state index in [0.29, 0.717) is 22.6 Å². The summed E-state index contributed by atoms with van der Waals surface area (Å²) in [7, 11) is -2.22. The standard InChI is InChI=1S/C22H18F2N4O4S/c1-32-20-9-16-18(10-19(20)28-33(2,30)31)26-21(27-22(16)29)5-12-3-4-17(25-11-12)13-6-14(23)8-15(24)7-13/h3-4,6-11,28H,5H2,1-2H3,(H,26,27,29). The highest BCUT2D eigenvalue weighted by atomic mass is 32.2. The molecule has 0 atom stereocenters. The van der Waals surface area contributed by atoms with Crippen LogP contribution < -0.4 is 15.0 Å². The van der Waals surface area contributed by atoms with Crippen LogP contribution in [0, 0.1) is 11.6 Å². The molecule has 0 bridgehead atoms. The average Bonchev–Trinajstić information content (AvgIpc) is 2.72. The molecule has 4 rings (SSSR count). The number of H-pyrrole nitrogens is 1. The van der Waals surface area contributed by atoms with Gasteiger partial charge in [-0.3, -0.25) is 14.5 Å². The lowest BCUT2D eigenvalue weighted by Gasteiger charge is -2.11. The number of pyridine rings is 1. The van der Waals surface area contributed by atoms with Gasteiger partial charge in [-0.15, -0.1) is 0 Å². The number of halogens is 2. The van der Waals surface area contributed by atoms with E-state index < -0.39 is 27.2 Å². The first kappa shape index (κ1) is 22.3. The largest absolute Gasteiger partial charge is 0.495 e. The van der Waals surface area contributed by atoms with Gasteiger partial charge in [0.2, 0.25) is 10.0 Å². The van der Waals surface area contributed by atoms with Gasteiger partial charge in [-0.1, -0.05) is 6.07 Å². The molecule has 0 saturated carbocycles. The second-order valence-corrected chi connectivity index (χ2v) is 9.09. The third-order valence-corrected chi connectivity index (χ3v) is 5.32. The van der Waals surface area contributed by atoms with Crippen LogP contribution in [-0.2, 0) is 16.4 Å². The van der Waals surface area contributed by atoms with E-state index in [1.54, 1.807) is 12.1 Å². The number of hydrogen-bond donors (Lipinski definition) is 2. The van der Waals surface area contributed by atoms with E-state index in [4.69, 9.17) is 4.74 Å². The summed E-state index contributed by atoms with van der Waals surface area (Å²) in [6.07, 6.45) is 2.74. The number of methoxy groups -OCH3 is 1. The SMILES string of the molecule is COc1cc2c(=O)[nH]c(Cc3ccc(-c4cc(F)cc(F)c4)nc3)nc2cc1NS(C)(=O)=O. The number of benzene rings is 2. The summed E-state index contributed by atoms with van der Waals surface area (Å²) in [5, 5.41) is 0.233. The van der Waals surface area contributed by atoms with Gasteiger partial charge in [0.25, 0.3) is 5.56 Å². The lowest BCUT2D eigenvalue weighted by molar-refractivity contribution is 0.417. The maximum absolute atomic E-state index is 13.5. The fourth-order valence-electron chi connectivity index (χ4n) is 3.34. The van der Waals surface area contributed by atoms with Crippen molar-refractivity contribution in [2.45, 2.75) is 6.42 Å². The van der Waals surface area contributed by atoms with Crippen LogP contribution in [0.4, 0.5) is 14.5 Å². The Labute approximate surface area is 187 Å². The van der Waals surface area contributed by atoms with Gasteiger partial charge < -0.3 is 9.72 Å². The number of anilines is 1. The molecule has 0 amide bonds. The topological polar surface area (TPSA) is 114 Å². The van der Waals surface area contributed by atoms with Gasteiger partial charge in [0, 0.05) is 24.2 Å². The molecule has 0 unspecified atom stereocenters. The lowest BCUT2D eigenvalue weighted by atomic mass is 10.1. The second-order valence-electron chi connectivity index (χ2n) is 7.34. The molecule has 4 aromatic rings. The molecule has 2 N–H and O–H groups in total. The molecule has 2 heterocycles. The van der Waals surface area contributed by atoms with Crippen molar-refractivity contribution >= 4 is 26.6 Å². The van der Waals surface area contributed by atoms with Crippen LogP contribution in [-0.4, -0.2) is 36.7 Å². The molecule has 0 fully saturated rings. The Morgan fingerprint density at radius 1 is 1.09 bits per heavy atom. The van der Waals surface area contributed by atoms with E-state index in [1.807, 2.05) is 0 Å². The molecule has 33 heavy (non-hydrogen) atoms. The fraction of sp³-hybridized carbons (Fsp3) is 0.136. The first-order chi connectivity index (χ1) is 15.6. The van der Waals surface area contributed by atoms with Crippen molar-refractivity contribution < 1.29 is 21.9 Å². The van der Waals surface area contributed by atoms with Crippen molar-refractivity contribution in [2.75, 3.05) is 18.1 Å². The molecule has 0 aliphatic rings. The highest BCUT2D eigenvalue weighted by Gasteiger charge is 2.14. The molecule has 0 aliphatic heterocycles. The van der Waals surface area contributed by atoms with E-state index >= 15 is 0 Å². The van der Waals surface area contributed by atoms with Crippen LogP contribution >= 0.6 is 0 Å². The van der Waals surface area contributed by atoms with E-state index in [0.717, 1.165) is 12.3 Å². The third-order valence-electron chi connectivity index (χ3n) is 4.73. The number of sulfonamides is 1. The first-order valence-corrected chi connectivity index (χ1v) is 11.5. The third kappa shape index (κ3) is 5.14. The number of rotatable bonds is 6. The van der Waals surface area contributed by atoms with Crippen molar-refractivity contribution in [1.82, 2.24) is 15.0 Å². The maximum Gasteiger partial charge on any atom is 0.258 e. The Kier molecular flexibility index (Phi) is 5.81. The molecular formula is C22H18F2N4O4S. The Bertz CT molecular complexity index is 1500. The van der Waals surface area contributed by atoms with Gasteiger partial charge >= 0.3 is 0 Å². The first-order valence-electron chi connectivity index (χ1n) is 9.61. The van der Waals surface area contributed by atoms with E-state index in [1.165, 1.54) is 37.6 Å². The zero-order chi connectivity index (χ0) is 23.8. The van der Waals surface area contributed by atoms with Crippen LogP contribution in [0.1, 0.15) is 11.4 Å². The normalized spacial score (nSPS) is 11.5. The van der Waals surface area contributed by atoms with Crippen LogP contribution in [0.15, 0.2) is 53.5 Å².